The zero-order valence-electron chi connectivity index (χ0n) is 30.7. The highest BCUT2D eigenvalue weighted by atomic mass is 16.5. The molecule has 0 aliphatic carbocycles. The monoisotopic (exact) mass is 670 g/mol. The summed E-state index contributed by atoms with van der Waals surface area (Å²) in [5, 5.41) is 0. The van der Waals surface area contributed by atoms with Gasteiger partial charge in [0.2, 0.25) is 0 Å². The predicted molar refractivity (Wildman–Crippen MR) is 203 cm³/mol. The van der Waals surface area contributed by atoms with Gasteiger partial charge in [-0.05, 0) is 72.0 Å². The molecule has 0 bridgehead atoms. The Morgan fingerprint density at radius 1 is 0.510 bits per heavy atom. The summed E-state index contributed by atoms with van der Waals surface area (Å²) in [6.07, 6.45) is 24.1. The standard InChI is InChI=1S/C44H62O5/c1-4-6-7-8-9-10-11-12-13-14-15-16-17-18-19-20-21-34-47-41-30-28-40(29-31-41)44(46)49-42-32-26-38(27-33-42)37-22-24-39(25-23-37)43(45)48-35-36(3)5-2/h22-33,36H,4-21,34-35H2,1-3H3. The maximum Gasteiger partial charge on any atom is 0.343 e. The first-order chi connectivity index (χ1) is 24.0. The van der Waals surface area contributed by atoms with E-state index in [2.05, 4.69) is 20.8 Å². The highest BCUT2D eigenvalue weighted by Crippen LogP contribution is 2.24. The van der Waals surface area contributed by atoms with E-state index in [-0.39, 0.29) is 5.97 Å². The van der Waals surface area contributed by atoms with Crippen molar-refractivity contribution >= 4 is 11.9 Å². The third-order valence-electron chi connectivity index (χ3n) is 9.32. The number of rotatable bonds is 26. The molecular formula is C44H62O5. The molecule has 0 N–H and O–H groups in total. The molecule has 0 saturated heterocycles. The first-order valence-electron chi connectivity index (χ1n) is 19.3. The summed E-state index contributed by atoms with van der Waals surface area (Å²) < 4.78 is 16.9. The van der Waals surface area contributed by atoms with E-state index in [1.807, 2.05) is 36.4 Å². The van der Waals surface area contributed by atoms with Gasteiger partial charge < -0.3 is 14.2 Å². The van der Waals surface area contributed by atoms with Crippen molar-refractivity contribution in [2.24, 2.45) is 5.92 Å². The summed E-state index contributed by atoms with van der Waals surface area (Å²) in [5.74, 6) is 0.870. The van der Waals surface area contributed by atoms with Crippen LogP contribution >= 0.6 is 0 Å². The van der Waals surface area contributed by atoms with Crippen LogP contribution < -0.4 is 9.47 Å². The van der Waals surface area contributed by atoms with E-state index < -0.39 is 5.97 Å². The minimum Gasteiger partial charge on any atom is -0.494 e. The molecule has 49 heavy (non-hydrogen) atoms. The molecule has 0 aromatic heterocycles. The number of unbranched alkanes of at least 4 members (excludes halogenated alkanes) is 16. The highest BCUT2D eigenvalue weighted by molar-refractivity contribution is 5.91. The first kappa shape index (κ1) is 39.8. The van der Waals surface area contributed by atoms with Gasteiger partial charge in [0, 0.05) is 0 Å². The lowest BCUT2D eigenvalue weighted by Crippen LogP contribution is -2.11. The van der Waals surface area contributed by atoms with Crippen LogP contribution in [0, 0.1) is 5.92 Å². The predicted octanol–water partition coefficient (Wildman–Crippen LogP) is 12.8. The third-order valence-corrected chi connectivity index (χ3v) is 9.32. The largest absolute Gasteiger partial charge is 0.494 e. The van der Waals surface area contributed by atoms with Crippen molar-refractivity contribution in [3.8, 4) is 22.6 Å². The molecule has 3 aromatic rings. The van der Waals surface area contributed by atoms with Gasteiger partial charge in [0.05, 0.1) is 24.3 Å². The van der Waals surface area contributed by atoms with Crippen molar-refractivity contribution < 1.29 is 23.8 Å². The number of benzene rings is 3. The van der Waals surface area contributed by atoms with Gasteiger partial charge in [0.25, 0.3) is 0 Å². The van der Waals surface area contributed by atoms with Gasteiger partial charge in [-0.25, -0.2) is 9.59 Å². The van der Waals surface area contributed by atoms with Crippen LogP contribution in [0.3, 0.4) is 0 Å². The second kappa shape index (κ2) is 24.5. The van der Waals surface area contributed by atoms with Crippen LogP contribution in [0.15, 0.2) is 72.8 Å². The molecule has 0 spiro atoms. The topological polar surface area (TPSA) is 61.8 Å². The van der Waals surface area contributed by atoms with Crippen molar-refractivity contribution in [2.45, 2.75) is 136 Å². The summed E-state index contributed by atoms with van der Waals surface area (Å²) in [4.78, 5) is 25.0. The van der Waals surface area contributed by atoms with E-state index in [0.29, 0.717) is 36.0 Å². The van der Waals surface area contributed by atoms with Gasteiger partial charge in [0.15, 0.2) is 0 Å². The summed E-state index contributed by atoms with van der Waals surface area (Å²) >= 11 is 0. The summed E-state index contributed by atoms with van der Waals surface area (Å²) in [7, 11) is 0. The smallest absolute Gasteiger partial charge is 0.343 e. The second-order valence-electron chi connectivity index (χ2n) is 13.6. The van der Waals surface area contributed by atoms with Crippen LogP contribution in [0.25, 0.3) is 11.1 Å². The molecule has 0 radical (unpaired) electrons. The molecule has 1 atom stereocenters. The van der Waals surface area contributed by atoms with Crippen molar-refractivity contribution in [2.75, 3.05) is 13.2 Å². The van der Waals surface area contributed by atoms with Gasteiger partial charge in [-0.2, -0.15) is 0 Å². The van der Waals surface area contributed by atoms with Crippen molar-refractivity contribution in [3.63, 3.8) is 0 Å². The Bertz CT molecular complexity index is 1300. The normalized spacial score (nSPS) is 11.7. The lowest BCUT2D eigenvalue weighted by Gasteiger charge is -2.10. The molecule has 0 amide bonds. The Hall–Kier alpha value is -3.60. The molecule has 3 aromatic carbocycles. The van der Waals surface area contributed by atoms with Crippen LogP contribution in [0.4, 0.5) is 0 Å². The summed E-state index contributed by atoms with van der Waals surface area (Å²) in [6, 6.07) is 21.8. The molecule has 0 aliphatic rings. The van der Waals surface area contributed by atoms with Crippen LogP contribution in [0.5, 0.6) is 11.5 Å². The first-order valence-corrected chi connectivity index (χ1v) is 19.3. The van der Waals surface area contributed by atoms with Gasteiger partial charge in [-0.15, -0.1) is 0 Å². The highest BCUT2D eigenvalue weighted by Gasteiger charge is 2.11. The average molecular weight is 671 g/mol. The number of carbonyl (C=O) groups is 2. The van der Waals surface area contributed by atoms with E-state index in [1.54, 1.807) is 36.4 Å². The third kappa shape index (κ3) is 16.6. The number of hydrogen-bond acceptors (Lipinski definition) is 5. The molecule has 1 unspecified atom stereocenters. The van der Waals surface area contributed by atoms with Crippen molar-refractivity contribution in [3.05, 3.63) is 83.9 Å². The number of hydrogen-bond donors (Lipinski definition) is 0. The lowest BCUT2D eigenvalue weighted by molar-refractivity contribution is 0.0447. The van der Waals surface area contributed by atoms with E-state index in [4.69, 9.17) is 14.2 Å². The Balaban J connectivity index is 1.23. The molecule has 5 nitrogen and oxygen atoms in total. The van der Waals surface area contributed by atoms with E-state index in [0.717, 1.165) is 29.7 Å². The van der Waals surface area contributed by atoms with Crippen LogP contribution in [-0.2, 0) is 4.74 Å². The molecule has 0 saturated carbocycles. The lowest BCUT2D eigenvalue weighted by atomic mass is 10.0. The van der Waals surface area contributed by atoms with E-state index in [1.165, 1.54) is 103 Å². The fourth-order valence-electron chi connectivity index (χ4n) is 5.80. The fourth-order valence-corrected chi connectivity index (χ4v) is 5.80. The molecule has 0 heterocycles. The van der Waals surface area contributed by atoms with Crippen LogP contribution in [0.1, 0.15) is 157 Å². The number of esters is 2. The van der Waals surface area contributed by atoms with Crippen molar-refractivity contribution in [1.82, 2.24) is 0 Å². The minimum absolute atomic E-state index is 0.306. The average Bonchev–Trinajstić information content (AvgIpc) is 3.13. The Morgan fingerprint density at radius 2 is 0.918 bits per heavy atom. The molecule has 268 valence electrons. The quantitative estimate of drug-likeness (QED) is 0.0483. The SMILES string of the molecule is CCCCCCCCCCCCCCCCCCCOc1ccc(C(=O)Oc2ccc(-c3ccc(C(=O)OCC(C)CC)cc3)cc2)cc1. The zero-order chi connectivity index (χ0) is 34.9. The number of carbonyl (C=O) groups excluding carboxylic acids is 2. The van der Waals surface area contributed by atoms with Gasteiger partial charge in [0.1, 0.15) is 11.5 Å². The summed E-state index contributed by atoms with van der Waals surface area (Å²) in [5.41, 5.74) is 2.93. The molecular weight excluding hydrogens is 608 g/mol. The second-order valence-corrected chi connectivity index (χ2v) is 13.6. The fraction of sp³-hybridized carbons (Fsp3) is 0.545. The van der Waals surface area contributed by atoms with E-state index in [9.17, 15) is 9.59 Å². The Kier molecular flexibility index (Phi) is 19.9. The summed E-state index contributed by atoms with van der Waals surface area (Å²) in [6.45, 7) is 7.54. The van der Waals surface area contributed by atoms with Gasteiger partial charge in [-0.3, -0.25) is 0 Å². The Morgan fingerprint density at radius 3 is 1.41 bits per heavy atom. The molecule has 0 fully saturated rings. The molecule has 5 heteroatoms. The number of ether oxygens (including phenoxy) is 3. The zero-order valence-corrected chi connectivity index (χ0v) is 30.7. The van der Waals surface area contributed by atoms with Gasteiger partial charge in [-0.1, -0.05) is 154 Å². The van der Waals surface area contributed by atoms with Gasteiger partial charge >= 0.3 is 11.9 Å². The molecule has 3 rings (SSSR count). The van der Waals surface area contributed by atoms with Crippen molar-refractivity contribution in [1.29, 1.82) is 0 Å². The maximum atomic E-state index is 12.7. The Labute approximate surface area is 297 Å². The van der Waals surface area contributed by atoms with E-state index >= 15 is 0 Å². The van der Waals surface area contributed by atoms with Crippen LogP contribution in [0.2, 0.25) is 0 Å². The molecule has 0 aliphatic heterocycles. The minimum atomic E-state index is -0.410. The van der Waals surface area contributed by atoms with Crippen LogP contribution in [-0.4, -0.2) is 25.2 Å². The maximum absolute atomic E-state index is 12.7.